The van der Waals surface area contributed by atoms with Gasteiger partial charge < -0.3 is 10.1 Å². The molecule has 0 saturated heterocycles. The molecule has 1 N–H and O–H groups in total. The maximum absolute atomic E-state index is 13.7. The Hall–Kier alpha value is -1.09. The van der Waals surface area contributed by atoms with Gasteiger partial charge in [0.05, 0.1) is 6.61 Å². The minimum Gasteiger partial charge on any atom is -0.491 e. The first kappa shape index (κ1) is 15.0. The van der Waals surface area contributed by atoms with Gasteiger partial charge in [0, 0.05) is 6.04 Å². The first-order chi connectivity index (χ1) is 8.69. The van der Waals surface area contributed by atoms with Crippen LogP contribution in [0.2, 0.25) is 0 Å². The minimum atomic E-state index is -0.281. The van der Waals surface area contributed by atoms with E-state index in [1.807, 2.05) is 13.0 Å². The van der Waals surface area contributed by atoms with Crippen LogP contribution < -0.4 is 10.1 Å². The van der Waals surface area contributed by atoms with Crippen molar-refractivity contribution in [3.8, 4) is 5.75 Å². The first-order valence-corrected chi connectivity index (χ1v) is 6.84. The molecule has 0 amide bonds. The molecule has 0 radical (unpaired) electrons. The fourth-order valence-electron chi connectivity index (χ4n) is 1.87. The van der Waals surface area contributed by atoms with Gasteiger partial charge in [-0.05, 0) is 44.5 Å². The summed E-state index contributed by atoms with van der Waals surface area (Å²) in [5, 5.41) is 3.40. The number of ether oxygens (including phenoxy) is 1. The van der Waals surface area contributed by atoms with Gasteiger partial charge in [0.15, 0.2) is 11.6 Å². The second-order valence-electron chi connectivity index (χ2n) is 4.51. The fourth-order valence-corrected chi connectivity index (χ4v) is 1.87. The van der Waals surface area contributed by atoms with E-state index < -0.39 is 0 Å². The fraction of sp³-hybridized carbons (Fsp3) is 0.600. The van der Waals surface area contributed by atoms with Gasteiger partial charge in [0.2, 0.25) is 0 Å². The van der Waals surface area contributed by atoms with E-state index in [0.717, 1.165) is 12.1 Å². The van der Waals surface area contributed by atoms with Crippen molar-refractivity contribution in [2.75, 3.05) is 13.2 Å². The zero-order valence-corrected chi connectivity index (χ0v) is 11.6. The third kappa shape index (κ3) is 4.65. The summed E-state index contributed by atoms with van der Waals surface area (Å²) in [6, 6.07) is 5.36. The third-order valence-electron chi connectivity index (χ3n) is 2.99. The normalized spacial score (nSPS) is 12.4. The van der Waals surface area contributed by atoms with Gasteiger partial charge >= 0.3 is 0 Å². The SMILES string of the molecule is CCCCCN[C@@H](C)c1ccc(OCC)c(F)c1. The predicted octanol–water partition coefficient (Wildman–Crippen LogP) is 4.07. The van der Waals surface area contributed by atoms with Gasteiger partial charge in [-0.2, -0.15) is 0 Å². The molecule has 102 valence electrons. The molecule has 0 aliphatic rings. The number of rotatable bonds is 8. The molecule has 1 atom stereocenters. The Morgan fingerprint density at radius 2 is 2.06 bits per heavy atom. The van der Waals surface area contributed by atoms with E-state index in [2.05, 4.69) is 19.2 Å². The Balaban J connectivity index is 2.52. The van der Waals surface area contributed by atoms with Crippen LogP contribution in [0.15, 0.2) is 18.2 Å². The number of hydrogen-bond acceptors (Lipinski definition) is 2. The van der Waals surface area contributed by atoms with Crippen LogP contribution in [-0.4, -0.2) is 13.2 Å². The number of nitrogens with one attached hydrogen (secondary N) is 1. The molecule has 3 heteroatoms. The maximum Gasteiger partial charge on any atom is 0.165 e. The molecule has 0 aliphatic carbocycles. The summed E-state index contributed by atoms with van der Waals surface area (Å²) in [5.41, 5.74) is 0.965. The van der Waals surface area contributed by atoms with Gasteiger partial charge in [0.1, 0.15) is 0 Å². The highest BCUT2D eigenvalue weighted by molar-refractivity contribution is 5.30. The highest BCUT2D eigenvalue weighted by Crippen LogP contribution is 2.22. The van der Waals surface area contributed by atoms with Gasteiger partial charge in [-0.25, -0.2) is 4.39 Å². The van der Waals surface area contributed by atoms with Crippen LogP contribution in [0.5, 0.6) is 5.75 Å². The van der Waals surface area contributed by atoms with Gasteiger partial charge in [-0.15, -0.1) is 0 Å². The highest BCUT2D eigenvalue weighted by Gasteiger charge is 2.09. The van der Waals surface area contributed by atoms with E-state index >= 15 is 0 Å². The number of unbranched alkanes of at least 4 members (excludes halogenated alkanes) is 2. The lowest BCUT2D eigenvalue weighted by molar-refractivity contribution is 0.321. The van der Waals surface area contributed by atoms with Crippen molar-refractivity contribution in [3.05, 3.63) is 29.6 Å². The summed E-state index contributed by atoms with van der Waals surface area (Å²) in [6.45, 7) is 7.56. The molecule has 0 heterocycles. The molecule has 0 bridgehead atoms. The number of halogens is 1. The number of hydrogen-bond donors (Lipinski definition) is 1. The van der Waals surface area contributed by atoms with Crippen molar-refractivity contribution in [2.45, 2.75) is 46.1 Å². The number of benzene rings is 1. The molecule has 0 fully saturated rings. The van der Waals surface area contributed by atoms with Crippen LogP contribution in [-0.2, 0) is 0 Å². The Kier molecular flexibility index (Phi) is 6.73. The summed E-state index contributed by atoms with van der Waals surface area (Å²) in [5.74, 6) is 0.0518. The molecule has 0 saturated carbocycles. The van der Waals surface area contributed by atoms with E-state index in [0.29, 0.717) is 12.4 Å². The van der Waals surface area contributed by atoms with E-state index in [1.54, 1.807) is 12.1 Å². The van der Waals surface area contributed by atoms with E-state index in [9.17, 15) is 4.39 Å². The molecule has 18 heavy (non-hydrogen) atoms. The van der Waals surface area contributed by atoms with Gasteiger partial charge in [-0.1, -0.05) is 25.8 Å². The summed E-state index contributed by atoms with van der Waals surface area (Å²) in [6.07, 6.45) is 3.62. The van der Waals surface area contributed by atoms with Crippen LogP contribution in [0.1, 0.15) is 51.6 Å². The Morgan fingerprint density at radius 1 is 1.28 bits per heavy atom. The standard InChI is InChI=1S/C15H24FNO/c1-4-6-7-10-17-12(3)13-8-9-15(18-5-2)14(16)11-13/h8-9,11-12,17H,4-7,10H2,1-3H3/t12-/m0/s1. The highest BCUT2D eigenvalue weighted by atomic mass is 19.1. The summed E-state index contributed by atoms with van der Waals surface area (Å²) in [4.78, 5) is 0. The lowest BCUT2D eigenvalue weighted by Crippen LogP contribution is -2.19. The van der Waals surface area contributed by atoms with Crippen molar-refractivity contribution in [1.29, 1.82) is 0 Å². The largest absolute Gasteiger partial charge is 0.491 e. The Bertz CT molecular complexity index is 354. The minimum absolute atomic E-state index is 0.173. The van der Waals surface area contributed by atoms with E-state index in [-0.39, 0.29) is 11.9 Å². The van der Waals surface area contributed by atoms with Crippen molar-refractivity contribution >= 4 is 0 Å². The molecule has 1 aromatic carbocycles. The molecule has 0 aliphatic heterocycles. The summed E-state index contributed by atoms with van der Waals surface area (Å²) in [7, 11) is 0. The molecule has 1 aromatic rings. The van der Waals surface area contributed by atoms with E-state index in [1.165, 1.54) is 19.3 Å². The van der Waals surface area contributed by atoms with Crippen LogP contribution in [0.3, 0.4) is 0 Å². The average molecular weight is 253 g/mol. The molecule has 1 rings (SSSR count). The molecule has 0 spiro atoms. The zero-order chi connectivity index (χ0) is 13.4. The molecule has 0 unspecified atom stereocenters. The Morgan fingerprint density at radius 3 is 2.67 bits per heavy atom. The van der Waals surface area contributed by atoms with Gasteiger partial charge in [0.25, 0.3) is 0 Å². The maximum atomic E-state index is 13.7. The lowest BCUT2D eigenvalue weighted by Gasteiger charge is -2.15. The molecule has 2 nitrogen and oxygen atoms in total. The van der Waals surface area contributed by atoms with Crippen LogP contribution in [0.25, 0.3) is 0 Å². The van der Waals surface area contributed by atoms with E-state index in [4.69, 9.17) is 4.74 Å². The van der Waals surface area contributed by atoms with Crippen LogP contribution in [0.4, 0.5) is 4.39 Å². The average Bonchev–Trinajstić information content (AvgIpc) is 2.37. The van der Waals surface area contributed by atoms with Crippen molar-refractivity contribution in [1.82, 2.24) is 5.32 Å². The molecular weight excluding hydrogens is 229 g/mol. The van der Waals surface area contributed by atoms with Crippen molar-refractivity contribution in [2.24, 2.45) is 0 Å². The molecular formula is C15H24FNO. The second-order valence-corrected chi connectivity index (χ2v) is 4.51. The smallest absolute Gasteiger partial charge is 0.165 e. The van der Waals surface area contributed by atoms with Crippen LogP contribution >= 0.6 is 0 Å². The van der Waals surface area contributed by atoms with Crippen molar-refractivity contribution < 1.29 is 9.13 Å². The quantitative estimate of drug-likeness (QED) is 0.705. The topological polar surface area (TPSA) is 21.3 Å². The third-order valence-corrected chi connectivity index (χ3v) is 2.99. The van der Waals surface area contributed by atoms with Crippen LogP contribution in [0, 0.1) is 5.82 Å². The van der Waals surface area contributed by atoms with Gasteiger partial charge in [-0.3, -0.25) is 0 Å². The Labute approximate surface area is 110 Å². The zero-order valence-electron chi connectivity index (χ0n) is 11.6. The first-order valence-electron chi connectivity index (χ1n) is 6.84. The van der Waals surface area contributed by atoms with Crippen molar-refractivity contribution in [3.63, 3.8) is 0 Å². The lowest BCUT2D eigenvalue weighted by atomic mass is 10.1. The molecule has 0 aromatic heterocycles. The summed E-state index contributed by atoms with van der Waals surface area (Å²) >= 11 is 0. The second kappa shape index (κ2) is 8.09. The predicted molar refractivity (Wildman–Crippen MR) is 73.5 cm³/mol. The monoisotopic (exact) mass is 253 g/mol. The summed E-state index contributed by atoms with van der Waals surface area (Å²) < 4.78 is 18.9.